The molecule has 18 heteroatoms. The number of halogens is 1. The molecule has 3 atom stereocenters. The Morgan fingerprint density at radius 2 is 1.80 bits per heavy atom. The second-order valence-corrected chi connectivity index (χ2v) is 18.5. The molecule has 8 N–H and O–H groups in total. The summed E-state index contributed by atoms with van der Waals surface area (Å²) in [6.07, 6.45) is 1.64. The van der Waals surface area contributed by atoms with Crippen LogP contribution in [-0.2, 0) is 60.5 Å². The van der Waals surface area contributed by atoms with Gasteiger partial charge >= 0.3 is 12.1 Å². The fourth-order valence-corrected chi connectivity index (χ4v) is 9.03. The first-order valence-corrected chi connectivity index (χ1v) is 23.0. The number of piperidine rings is 1. The van der Waals surface area contributed by atoms with Crippen molar-refractivity contribution in [1.29, 1.82) is 5.41 Å². The normalized spacial score (nSPS) is 18.0. The first-order valence-electron chi connectivity index (χ1n) is 22.6. The van der Waals surface area contributed by atoms with Crippen LogP contribution in [0.4, 0.5) is 10.5 Å². The quantitative estimate of drug-likeness (QED) is 0.0320. The molecule has 2 aromatic heterocycles. The Kier molecular flexibility index (Phi) is 14.7. The number of carbonyl (C=O) groups excluding carboxylic acids is 4. The van der Waals surface area contributed by atoms with Crippen LogP contribution in [0.5, 0.6) is 0 Å². The predicted octanol–water partition coefficient (Wildman–Crippen LogP) is 5.69. The Morgan fingerprint density at radius 3 is 2.48 bits per heavy atom. The van der Waals surface area contributed by atoms with Crippen LogP contribution in [0.1, 0.15) is 99.6 Å². The van der Waals surface area contributed by atoms with Crippen LogP contribution >= 0.6 is 11.6 Å². The fourth-order valence-electron chi connectivity index (χ4n) is 8.88. The van der Waals surface area contributed by atoms with Gasteiger partial charge < -0.3 is 46.2 Å². The number of aromatic nitrogens is 2. The molecule has 1 fully saturated rings. The number of nitrogens with one attached hydrogen (secondary N) is 4. The van der Waals surface area contributed by atoms with Crippen LogP contribution < -0.4 is 33.0 Å². The maximum absolute atomic E-state index is 14.6. The van der Waals surface area contributed by atoms with Crippen LogP contribution in [-0.4, -0.2) is 76.1 Å². The van der Waals surface area contributed by atoms with Gasteiger partial charge in [0.15, 0.2) is 11.6 Å². The Balaban J connectivity index is 1.10. The van der Waals surface area contributed by atoms with Crippen LogP contribution in [0.15, 0.2) is 47.3 Å². The lowest BCUT2D eigenvalue weighted by molar-refractivity contribution is -0.150. The molecule has 0 aliphatic carbocycles. The van der Waals surface area contributed by atoms with Gasteiger partial charge in [0.05, 0.1) is 41.5 Å². The highest BCUT2D eigenvalue weighted by molar-refractivity contribution is 6.32. The number of nitrogens with zero attached hydrogens (tertiary/aromatic N) is 3. The summed E-state index contributed by atoms with van der Waals surface area (Å²) in [5.74, 6) is -1.24. The number of hydrogen-bond acceptors (Lipinski definition) is 12. The molecule has 7 rings (SSSR count). The summed E-state index contributed by atoms with van der Waals surface area (Å²) >= 11 is 6.66. The smallest absolute Gasteiger partial charge is 0.460 e. The summed E-state index contributed by atoms with van der Waals surface area (Å²) in [6, 6.07) is 10.6. The molecular formula is C48H60ClN9O8. The number of esters is 1. The number of nitrogens with two attached hydrogens (primary N) is 2. The van der Waals surface area contributed by atoms with Gasteiger partial charge in [-0.3, -0.25) is 29.5 Å². The summed E-state index contributed by atoms with van der Waals surface area (Å²) < 4.78 is 18.9. The van der Waals surface area contributed by atoms with E-state index in [1.807, 2.05) is 32.9 Å². The van der Waals surface area contributed by atoms with E-state index in [0.717, 1.165) is 48.0 Å². The molecule has 2 amide bonds. The third kappa shape index (κ3) is 10.5. The number of cyclic esters (lactones) is 1. The van der Waals surface area contributed by atoms with Gasteiger partial charge in [0.2, 0.25) is 11.8 Å². The zero-order valence-electron chi connectivity index (χ0n) is 38.2. The second kappa shape index (κ2) is 20.2. The molecule has 17 nitrogen and oxygen atoms in total. The van der Waals surface area contributed by atoms with Crippen molar-refractivity contribution >= 4 is 58.1 Å². The van der Waals surface area contributed by atoms with Crippen molar-refractivity contribution in [3.05, 3.63) is 91.2 Å². The lowest BCUT2D eigenvalue weighted by Crippen LogP contribution is -2.51. The summed E-state index contributed by atoms with van der Waals surface area (Å²) in [4.78, 5) is 75.1. The molecule has 1 saturated heterocycles. The van der Waals surface area contributed by atoms with Crippen molar-refractivity contribution in [2.45, 2.75) is 117 Å². The first kappa shape index (κ1) is 47.9. The van der Waals surface area contributed by atoms with E-state index in [1.54, 1.807) is 35.8 Å². The molecule has 0 spiro atoms. The number of likely N-dealkylation sites (tertiary alicyclic amines) is 1. The van der Waals surface area contributed by atoms with E-state index < -0.39 is 41.6 Å². The Bertz CT molecular complexity index is 2590. The standard InChI is InChI=1S/C48H60ClN9O8/c1-6-48(66-47(63)65-24-29-9-11-30(12-10-29)54-43(60)37(8-7-15-53-46(51)52)56-44(61)41(50)26(2)3)21-40(59)64-25-34-35(48)19-39-42-33(23-58(39)45(34)62)32(22-57-16-13-27(4)14-17-57)31-18-28(5)36(49)20-38(31)55-42/h9-12,18-20,26-27,37,41H,6-8,13-17,21-25,50H2,1-5H3,(H,54,60)(H,56,61)(H4,51,52,53)/t37-,41-,48+/m0/s1. The highest BCUT2D eigenvalue weighted by Gasteiger charge is 2.45. The van der Waals surface area contributed by atoms with Gasteiger partial charge in [-0.25, -0.2) is 9.78 Å². The minimum atomic E-state index is -1.59. The number of benzene rings is 2. The number of anilines is 1. The average Bonchev–Trinajstić information content (AvgIpc) is 3.58. The summed E-state index contributed by atoms with van der Waals surface area (Å²) in [5, 5.41) is 17.2. The fraction of sp³-hybridized carbons (Fsp3) is 0.479. The Labute approximate surface area is 388 Å². The van der Waals surface area contributed by atoms with Crippen molar-refractivity contribution in [1.82, 2.24) is 25.1 Å². The van der Waals surface area contributed by atoms with Gasteiger partial charge in [0, 0.05) is 40.3 Å². The number of guanidine groups is 1. The highest BCUT2D eigenvalue weighted by Crippen LogP contribution is 2.43. The third-order valence-electron chi connectivity index (χ3n) is 13.1. The lowest BCUT2D eigenvalue weighted by Gasteiger charge is -2.31. The zero-order valence-corrected chi connectivity index (χ0v) is 38.9. The van der Waals surface area contributed by atoms with E-state index in [2.05, 4.69) is 33.8 Å². The minimum absolute atomic E-state index is 0.130. The third-order valence-corrected chi connectivity index (χ3v) is 13.5. The molecule has 0 unspecified atom stereocenters. The van der Waals surface area contributed by atoms with Crippen molar-refractivity contribution in [3.8, 4) is 11.4 Å². The van der Waals surface area contributed by atoms with E-state index in [0.29, 0.717) is 64.2 Å². The van der Waals surface area contributed by atoms with E-state index in [4.69, 9.17) is 47.7 Å². The van der Waals surface area contributed by atoms with Gasteiger partial charge in [-0.1, -0.05) is 51.4 Å². The SMILES string of the molecule is CC[C@@]1(OC(=O)OCc2ccc(NC(=O)[C@H](CCCNC(=N)N)NC(=O)[C@@H](N)C(C)C)cc2)CC(=O)OCc2c1cc1n(c2=O)Cc2c-1nc1cc(Cl)c(C)cc1c2CN1CCC(C)CC1. The first-order chi connectivity index (χ1) is 31.5. The molecular weight excluding hydrogens is 866 g/mol. The average molecular weight is 927 g/mol. The summed E-state index contributed by atoms with van der Waals surface area (Å²) in [6.45, 7) is 12.4. The molecule has 3 aliphatic heterocycles. The van der Waals surface area contributed by atoms with Gasteiger partial charge in [-0.15, -0.1) is 0 Å². The molecule has 4 aromatic rings. The Hall–Kier alpha value is -6.04. The minimum Gasteiger partial charge on any atom is -0.460 e. The molecule has 2 aromatic carbocycles. The molecule has 66 heavy (non-hydrogen) atoms. The van der Waals surface area contributed by atoms with Crippen LogP contribution in [0, 0.1) is 24.2 Å². The summed E-state index contributed by atoms with van der Waals surface area (Å²) in [5.41, 5.74) is 15.9. The maximum atomic E-state index is 14.6. The van der Waals surface area contributed by atoms with Crippen molar-refractivity contribution in [3.63, 3.8) is 0 Å². The molecule has 0 bridgehead atoms. The van der Waals surface area contributed by atoms with Crippen LogP contribution in [0.3, 0.4) is 0 Å². The highest BCUT2D eigenvalue weighted by atomic mass is 35.5. The summed E-state index contributed by atoms with van der Waals surface area (Å²) in [7, 11) is 0. The molecule has 0 saturated carbocycles. The van der Waals surface area contributed by atoms with E-state index in [-0.39, 0.29) is 62.0 Å². The van der Waals surface area contributed by atoms with Crippen molar-refractivity contribution in [2.75, 3.05) is 25.0 Å². The number of fused-ring (bicyclic) bond motifs is 5. The molecule has 352 valence electrons. The van der Waals surface area contributed by atoms with Crippen molar-refractivity contribution < 1.29 is 33.4 Å². The topological polar surface area (TPSA) is 246 Å². The number of amides is 2. The molecule has 0 radical (unpaired) electrons. The second-order valence-electron chi connectivity index (χ2n) is 18.1. The van der Waals surface area contributed by atoms with E-state index >= 15 is 0 Å². The number of rotatable bonds is 15. The zero-order chi connectivity index (χ0) is 47.4. The van der Waals surface area contributed by atoms with E-state index in [9.17, 15) is 24.0 Å². The van der Waals surface area contributed by atoms with Crippen molar-refractivity contribution in [2.24, 2.45) is 23.3 Å². The number of ether oxygens (including phenoxy) is 3. The maximum Gasteiger partial charge on any atom is 0.509 e. The monoisotopic (exact) mass is 925 g/mol. The Morgan fingerprint density at radius 1 is 1.08 bits per heavy atom. The van der Waals surface area contributed by atoms with Gasteiger partial charge in [0.25, 0.3) is 5.56 Å². The largest absolute Gasteiger partial charge is 0.509 e. The van der Waals surface area contributed by atoms with E-state index in [1.165, 1.54) is 0 Å². The van der Waals surface area contributed by atoms with Gasteiger partial charge in [-0.2, -0.15) is 0 Å². The number of carbonyl (C=O) groups is 4. The van der Waals surface area contributed by atoms with Gasteiger partial charge in [0.1, 0.15) is 19.3 Å². The van der Waals surface area contributed by atoms with Crippen LogP contribution in [0.25, 0.3) is 22.3 Å². The number of hydrogen-bond donors (Lipinski definition) is 6. The number of aryl methyl sites for hydroxylation is 1. The lowest BCUT2D eigenvalue weighted by atomic mass is 9.85. The van der Waals surface area contributed by atoms with Gasteiger partial charge in [-0.05, 0) is 111 Å². The molecule has 5 heterocycles. The predicted molar refractivity (Wildman–Crippen MR) is 251 cm³/mol. The molecule has 3 aliphatic rings. The number of pyridine rings is 2. The van der Waals surface area contributed by atoms with Crippen LogP contribution in [0.2, 0.25) is 5.02 Å².